The van der Waals surface area contributed by atoms with Gasteiger partial charge in [0, 0.05) is 17.0 Å². The molecular weight excluding hydrogens is 366 g/mol. The highest BCUT2D eigenvalue weighted by Gasteiger charge is 2.27. The molecule has 8 heteroatoms. The van der Waals surface area contributed by atoms with Crippen molar-refractivity contribution in [2.75, 3.05) is 6.61 Å². The Labute approximate surface area is 150 Å². The second-order valence-electron chi connectivity index (χ2n) is 5.71. The summed E-state index contributed by atoms with van der Waals surface area (Å²) in [7, 11) is -3.71. The first-order valence-electron chi connectivity index (χ1n) is 7.60. The number of halogens is 1. The molecule has 6 nitrogen and oxygen atoms in total. The van der Waals surface area contributed by atoms with Crippen LogP contribution in [0.3, 0.4) is 0 Å². The van der Waals surface area contributed by atoms with Crippen LogP contribution in [0.4, 0.5) is 0 Å². The lowest BCUT2D eigenvalue weighted by Crippen LogP contribution is -2.32. The largest absolute Gasteiger partial charge is 0.493 e. The number of benzene rings is 2. The summed E-state index contributed by atoms with van der Waals surface area (Å²) in [6, 6.07) is 10.5. The van der Waals surface area contributed by atoms with E-state index in [0.29, 0.717) is 34.9 Å². The van der Waals surface area contributed by atoms with Crippen LogP contribution in [-0.4, -0.2) is 26.1 Å². The molecule has 132 valence electrons. The standard InChI is InChI=1S/C17H16ClNO5S/c18-12-2-4-13(5-3-12)25(22,23)19-15-7-8-24-16-9-11(10-17(20)21)1-6-14(15)16/h1-6,9,15,19H,7-8,10H2,(H,20,21). The van der Waals surface area contributed by atoms with E-state index in [2.05, 4.69) is 4.72 Å². The van der Waals surface area contributed by atoms with Crippen LogP contribution in [0.15, 0.2) is 47.4 Å². The fraction of sp³-hybridized carbons (Fsp3) is 0.235. The Morgan fingerprint density at radius 3 is 2.64 bits per heavy atom. The van der Waals surface area contributed by atoms with Gasteiger partial charge in [-0.1, -0.05) is 23.7 Å². The van der Waals surface area contributed by atoms with Crippen molar-refractivity contribution >= 4 is 27.6 Å². The monoisotopic (exact) mass is 381 g/mol. The molecule has 0 saturated carbocycles. The summed E-state index contributed by atoms with van der Waals surface area (Å²) < 4.78 is 33.4. The Balaban J connectivity index is 1.85. The zero-order valence-corrected chi connectivity index (χ0v) is 14.7. The maximum Gasteiger partial charge on any atom is 0.307 e. The van der Waals surface area contributed by atoms with Crippen LogP contribution < -0.4 is 9.46 Å². The first-order valence-corrected chi connectivity index (χ1v) is 9.46. The second kappa shape index (κ2) is 7.03. The van der Waals surface area contributed by atoms with E-state index in [4.69, 9.17) is 21.4 Å². The average molecular weight is 382 g/mol. The van der Waals surface area contributed by atoms with E-state index < -0.39 is 22.0 Å². The summed E-state index contributed by atoms with van der Waals surface area (Å²) >= 11 is 5.80. The van der Waals surface area contributed by atoms with Gasteiger partial charge in [0.25, 0.3) is 0 Å². The van der Waals surface area contributed by atoms with Gasteiger partial charge in [0.2, 0.25) is 10.0 Å². The van der Waals surface area contributed by atoms with Crippen LogP contribution in [0.2, 0.25) is 5.02 Å². The third-order valence-electron chi connectivity index (χ3n) is 3.89. The number of sulfonamides is 1. The number of nitrogens with one attached hydrogen (secondary N) is 1. The highest BCUT2D eigenvalue weighted by Crippen LogP contribution is 2.34. The number of aliphatic carboxylic acids is 1. The molecule has 0 aromatic heterocycles. The number of carboxylic acid groups (broad SMARTS) is 1. The Hall–Kier alpha value is -2.09. The fourth-order valence-electron chi connectivity index (χ4n) is 2.71. The number of rotatable bonds is 5. The third kappa shape index (κ3) is 4.12. The van der Waals surface area contributed by atoms with Gasteiger partial charge in [-0.15, -0.1) is 0 Å². The summed E-state index contributed by atoms with van der Waals surface area (Å²) in [6.07, 6.45) is 0.371. The van der Waals surface area contributed by atoms with Crippen LogP contribution >= 0.6 is 11.6 Å². The number of hydrogen-bond donors (Lipinski definition) is 2. The van der Waals surface area contributed by atoms with E-state index in [1.807, 2.05) is 0 Å². The number of carboxylic acids is 1. The molecule has 2 aromatic carbocycles. The predicted octanol–water partition coefficient (Wildman–Crippen LogP) is 2.77. The van der Waals surface area contributed by atoms with Crippen LogP contribution in [0.1, 0.15) is 23.6 Å². The first-order chi connectivity index (χ1) is 11.8. The van der Waals surface area contributed by atoms with Gasteiger partial charge >= 0.3 is 5.97 Å². The number of hydrogen-bond acceptors (Lipinski definition) is 4. The summed E-state index contributed by atoms with van der Waals surface area (Å²) in [5.74, 6) is -0.426. The molecule has 1 aliphatic rings. The van der Waals surface area contributed by atoms with E-state index >= 15 is 0 Å². The maximum absolute atomic E-state index is 12.6. The molecule has 1 heterocycles. The molecule has 0 bridgehead atoms. The highest BCUT2D eigenvalue weighted by molar-refractivity contribution is 7.89. The zero-order chi connectivity index (χ0) is 18.0. The second-order valence-corrected chi connectivity index (χ2v) is 7.86. The van der Waals surface area contributed by atoms with Crippen molar-refractivity contribution in [3.63, 3.8) is 0 Å². The molecule has 3 rings (SSSR count). The van der Waals surface area contributed by atoms with Gasteiger partial charge in [-0.05, 0) is 35.9 Å². The third-order valence-corrected chi connectivity index (χ3v) is 5.63. The van der Waals surface area contributed by atoms with Crippen molar-refractivity contribution in [2.24, 2.45) is 0 Å². The lowest BCUT2D eigenvalue weighted by Gasteiger charge is -2.27. The average Bonchev–Trinajstić information content (AvgIpc) is 2.54. The molecule has 0 radical (unpaired) electrons. The molecule has 0 saturated heterocycles. The van der Waals surface area contributed by atoms with Gasteiger partial charge in [0.1, 0.15) is 5.75 Å². The quantitative estimate of drug-likeness (QED) is 0.830. The Kier molecular flexibility index (Phi) is 4.99. The molecular formula is C17H16ClNO5S. The SMILES string of the molecule is O=C(O)Cc1ccc2c(c1)OCCC2NS(=O)(=O)c1ccc(Cl)cc1. The van der Waals surface area contributed by atoms with Crippen LogP contribution in [0.25, 0.3) is 0 Å². The highest BCUT2D eigenvalue weighted by atomic mass is 35.5. The lowest BCUT2D eigenvalue weighted by atomic mass is 9.99. The number of fused-ring (bicyclic) bond motifs is 1. The maximum atomic E-state index is 12.6. The topological polar surface area (TPSA) is 92.7 Å². The van der Waals surface area contributed by atoms with Crippen molar-refractivity contribution in [3.05, 3.63) is 58.6 Å². The summed E-state index contributed by atoms with van der Waals surface area (Å²) in [5, 5.41) is 9.34. The van der Waals surface area contributed by atoms with Gasteiger partial charge in [0.05, 0.1) is 24.0 Å². The van der Waals surface area contributed by atoms with Crippen molar-refractivity contribution in [1.29, 1.82) is 0 Å². The molecule has 1 aliphatic heterocycles. The molecule has 1 unspecified atom stereocenters. The predicted molar refractivity (Wildman–Crippen MR) is 92.4 cm³/mol. The molecule has 0 amide bonds. The smallest absolute Gasteiger partial charge is 0.307 e. The van der Waals surface area contributed by atoms with Crippen LogP contribution in [-0.2, 0) is 21.2 Å². The van der Waals surface area contributed by atoms with E-state index in [-0.39, 0.29) is 11.3 Å². The number of carbonyl (C=O) groups is 1. The van der Waals surface area contributed by atoms with Crippen LogP contribution in [0.5, 0.6) is 5.75 Å². The lowest BCUT2D eigenvalue weighted by molar-refractivity contribution is -0.136. The van der Waals surface area contributed by atoms with Crippen LogP contribution in [0, 0.1) is 0 Å². The van der Waals surface area contributed by atoms with E-state index in [0.717, 1.165) is 0 Å². The van der Waals surface area contributed by atoms with Gasteiger partial charge < -0.3 is 9.84 Å². The molecule has 2 aromatic rings. The van der Waals surface area contributed by atoms with Crippen molar-refractivity contribution in [1.82, 2.24) is 4.72 Å². The molecule has 0 fully saturated rings. The first kappa shape index (κ1) is 17.7. The Bertz CT molecular complexity index is 896. The van der Waals surface area contributed by atoms with Crippen molar-refractivity contribution < 1.29 is 23.1 Å². The Morgan fingerprint density at radius 1 is 1.24 bits per heavy atom. The van der Waals surface area contributed by atoms with E-state index in [1.54, 1.807) is 18.2 Å². The zero-order valence-electron chi connectivity index (χ0n) is 13.1. The minimum atomic E-state index is -3.71. The van der Waals surface area contributed by atoms with Gasteiger partial charge in [-0.3, -0.25) is 4.79 Å². The number of ether oxygens (including phenoxy) is 1. The molecule has 25 heavy (non-hydrogen) atoms. The van der Waals surface area contributed by atoms with Gasteiger partial charge in [-0.2, -0.15) is 0 Å². The van der Waals surface area contributed by atoms with Crippen molar-refractivity contribution in [2.45, 2.75) is 23.8 Å². The van der Waals surface area contributed by atoms with Gasteiger partial charge in [-0.25, -0.2) is 13.1 Å². The van der Waals surface area contributed by atoms with Crippen molar-refractivity contribution in [3.8, 4) is 5.75 Å². The molecule has 0 aliphatic carbocycles. The van der Waals surface area contributed by atoms with E-state index in [1.165, 1.54) is 24.3 Å². The van der Waals surface area contributed by atoms with Gasteiger partial charge in [0.15, 0.2) is 0 Å². The molecule has 0 spiro atoms. The minimum Gasteiger partial charge on any atom is -0.493 e. The molecule has 1 atom stereocenters. The normalized spacial score (nSPS) is 16.8. The molecule has 2 N–H and O–H groups in total. The summed E-state index contributed by atoms with van der Waals surface area (Å²) in [6.45, 7) is 0.345. The Morgan fingerprint density at radius 2 is 1.96 bits per heavy atom. The minimum absolute atomic E-state index is 0.113. The van der Waals surface area contributed by atoms with E-state index in [9.17, 15) is 13.2 Å². The fourth-order valence-corrected chi connectivity index (χ4v) is 4.09. The summed E-state index contributed by atoms with van der Waals surface area (Å²) in [4.78, 5) is 11.0. The summed E-state index contributed by atoms with van der Waals surface area (Å²) in [5.41, 5.74) is 1.30.